The second kappa shape index (κ2) is 7.91. The Morgan fingerprint density at radius 2 is 2.10 bits per heavy atom. The highest BCUT2D eigenvalue weighted by Gasteiger charge is 2.45. The minimum Gasteiger partial charge on any atom is -0.391 e. The van der Waals surface area contributed by atoms with Crippen LogP contribution in [0.2, 0.25) is 0 Å². The number of H-pyrrole nitrogens is 2. The van der Waals surface area contributed by atoms with E-state index in [2.05, 4.69) is 30.8 Å². The Bertz CT molecular complexity index is 1010. The lowest BCUT2D eigenvalue weighted by atomic mass is 9.85. The summed E-state index contributed by atoms with van der Waals surface area (Å²) in [6, 6.07) is -1.50. The van der Waals surface area contributed by atoms with E-state index in [0.717, 1.165) is 18.5 Å². The molecule has 2 amide bonds. The predicted octanol–water partition coefficient (Wildman–Crippen LogP) is -0.568. The number of nitrogens with one attached hydrogen (secondary N) is 3. The molecule has 1 aliphatic carbocycles. The zero-order valence-corrected chi connectivity index (χ0v) is 17.8. The molecule has 1 saturated heterocycles. The van der Waals surface area contributed by atoms with Gasteiger partial charge < -0.3 is 15.3 Å². The van der Waals surface area contributed by atoms with Gasteiger partial charge in [0.15, 0.2) is 0 Å². The molecule has 1 aliphatic heterocycles. The lowest BCUT2D eigenvalue weighted by Crippen LogP contribution is -2.50. The van der Waals surface area contributed by atoms with Crippen LogP contribution in [0.25, 0.3) is 0 Å². The van der Waals surface area contributed by atoms with Crippen molar-refractivity contribution in [2.45, 2.75) is 70.7 Å². The largest absolute Gasteiger partial charge is 0.391 e. The smallest absolute Gasteiger partial charge is 0.340 e. The number of aromatic nitrogens is 6. The van der Waals surface area contributed by atoms with Crippen molar-refractivity contribution in [1.82, 2.24) is 40.4 Å². The van der Waals surface area contributed by atoms with Crippen LogP contribution in [0, 0.1) is 5.41 Å². The summed E-state index contributed by atoms with van der Waals surface area (Å²) in [7, 11) is 0. The van der Waals surface area contributed by atoms with E-state index >= 15 is 0 Å². The molecular weight excluding hydrogens is 404 g/mol. The molecule has 2 aliphatic rings. The molecule has 12 heteroatoms. The Labute approximate surface area is 178 Å². The number of aromatic amines is 2. The number of rotatable bonds is 6. The number of likely N-dealkylation sites (tertiary alicyclic amines) is 1. The molecule has 0 spiro atoms. The van der Waals surface area contributed by atoms with Crippen molar-refractivity contribution >= 4 is 11.8 Å². The number of nitrogens with zero attached hydrogens (tertiary/aromatic N) is 5. The van der Waals surface area contributed by atoms with E-state index < -0.39 is 35.2 Å². The zero-order chi connectivity index (χ0) is 22.3. The molecule has 0 bridgehead atoms. The summed E-state index contributed by atoms with van der Waals surface area (Å²) in [5, 5.41) is 27.3. The molecule has 0 aromatic carbocycles. The van der Waals surface area contributed by atoms with Crippen LogP contribution in [-0.2, 0) is 16.1 Å². The summed E-state index contributed by atoms with van der Waals surface area (Å²) in [6.45, 7) is 5.87. The standard InChI is InChI=1S/C19H28N8O4/c1-19(2,3)15(27-9-12(22-25-27)10-4-5-10)17(30)26-8-11(28)6-13(26)16(29)20-7-14-21-18(31)24-23-14/h9-11,13,15,28H,4-8H2,1-3H3,(H,20,29)(H2,21,23,24,31)/t11-,13+,15-/m1/s1. The van der Waals surface area contributed by atoms with Crippen LogP contribution in [0.4, 0.5) is 0 Å². The Morgan fingerprint density at radius 3 is 2.71 bits per heavy atom. The average Bonchev–Trinajstić information content (AvgIpc) is 3.08. The first-order chi connectivity index (χ1) is 14.6. The first-order valence-electron chi connectivity index (χ1n) is 10.4. The van der Waals surface area contributed by atoms with Crippen LogP contribution in [0.5, 0.6) is 0 Å². The van der Waals surface area contributed by atoms with Gasteiger partial charge in [-0.05, 0) is 18.3 Å². The molecular formula is C19H28N8O4. The van der Waals surface area contributed by atoms with Gasteiger partial charge in [-0.25, -0.2) is 14.6 Å². The van der Waals surface area contributed by atoms with Crippen LogP contribution >= 0.6 is 0 Å². The fourth-order valence-electron chi connectivity index (χ4n) is 4.00. The van der Waals surface area contributed by atoms with Crippen LogP contribution in [0.15, 0.2) is 11.0 Å². The van der Waals surface area contributed by atoms with Gasteiger partial charge in [0, 0.05) is 25.1 Å². The summed E-state index contributed by atoms with van der Waals surface area (Å²) < 4.78 is 1.59. The molecule has 0 unspecified atom stereocenters. The second-order valence-electron chi connectivity index (χ2n) is 9.40. The summed E-state index contributed by atoms with van der Waals surface area (Å²) in [5.74, 6) is -0.0223. The third-order valence-corrected chi connectivity index (χ3v) is 5.69. The van der Waals surface area contributed by atoms with Gasteiger partial charge in [-0.1, -0.05) is 26.0 Å². The Morgan fingerprint density at radius 1 is 1.35 bits per heavy atom. The zero-order valence-electron chi connectivity index (χ0n) is 17.8. The van der Waals surface area contributed by atoms with E-state index in [0.29, 0.717) is 5.92 Å². The highest BCUT2D eigenvalue weighted by molar-refractivity contribution is 5.90. The van der Waals surface area contributed by atoms with Crippen LogP contribution in [-0.4, -0.2) is 70.7 Å². The maximum absolute atomic E-state index is 13.6. The van der Waals surface area contributed by atoms with Crippen molar-refractivity contribution < 1.29 is 14.7 Å². The fraction of sp³-hybridized carbons (Fsp3) is 0.684. The Hall–Kier alpha value is -3.02. The molecule has 2 fully saturated rings. The third kappa shape index (κ3) is 4.53. The van der Waals surface area contributed by atoms with E-state index in [9.17, 15) is 19.5 Å². The first kappa shape index (κ1) is 21.2. The van der Waals surface area contributed by atoms with Crippen molar-refractivity contribution in [3.8, 4) is 0 Å². The first-order valence-corrected chi connectivity index (χ1v) is 10.4. The van der Waals surface area contributed by atoms with E-state index in [-0.39, 0.29) is 31.2 Å². The lowest BCUT2D eigenvalue weighted by molar-refractivity contribution is -0.144. The Kier molecular flexibility index (Phi) is 5.42. The monoisotopic (exact) mass is 432 g/mol. The number of hydrogen-bond acceptors (Lipinski definition) is 7. The summed E-state index contributed by atoms with van der Waals surface area (Å²) >= 11 is 0. The average molecular weight is 432 g/mol. The number of aliphatic hydroxyl groups excluding tert-OH is 1. The number of amides is 2. The molecule has 12 nitrogen and oxygen atoms in total. The van der Waals surface area contributed by atoms with Crippen molar-refractivity contribution in [2.24, 2.45) is 5.41 Å². The summed E-state index contributed by atoms with van der Waals surface area (Å²) in [5.41, 5.74) is -0.0797. The molecule has 168 valence electrons. The maximum atomic E-state index is 13.6. The number of hydrogen-bond donors (Lipinski definition) is 4. The molecule has 2 aromatic heterocycles. The lowest BCUT2D eigenvalue weighted by Gasteiger charge is -2.34. The van der Waals surface area contributed by atoms with Crippen molar-refractivity contribution in [2.75, 3.05) is 6.54 Å². The summed E-state index contributed by atoms with van der Waals surface area (Å²) in [6.07, 6.45) is 3.31. The number of carbonyl (C=O) groups excluding carboxylic acids is 2. The van der Waals surface area contributed by atoms with Gasteiger partial charge in [0.2, 0.25) is 11.8 Å². The van der Waals surface area contributed by atoms with Gasteiger partial charge in [0.05, 0.1) is 18.3 Å². The number of carbonyl (C=O) groups is 2. The highest BCUT2D eigenvalue weighted by atomic mass is 16.3. The van der Waals surface area contributed by atoms with Crippen LogP contribution in [0.3, 0.4) is 0 Å². The minimum atomic E-state index is -0.829. The van der Waals surface area contributed by atoms with Gasteiger partial charge in [0.1, 0.15) is 17.9 Å². The fourth-order valence-corrected chi connectivity index (χ4v) is 4.00. The van der Waals surface area contributed by atoms with Crippen LogP contribution < -0.4 is 11.0 Å². The van der Waals surface area contributed by atoms with Crippen molar-refractivity contribution in [3.63, 3.8) is 0 Å². The quantitative estimate of drug-likeness (QED) is 0.475. The van der Waals surface area contributed by atoms with Crippen molar-refractivity contribution in [1.29, 1.82) is 0 Å². The minimum absolute atomic E-state index is 0.00270. The normalized spacial score (nSPS) is 22.5. The van der Waals surface area contributed by atoms with Crippen molar-refractivity contribution in [3.05, 3.63) is 28.2 Å². The molecule has 0 radical (unpaired) electrons. The van der Waals surface area contributed by atoms with Gasteiger partial charge in [-0.2, -0.15) is 5.10 Å². The summed E-state index contributed by atoms with van der Waals surface area (Å²) in [4.78, 5) is 41.4. The SMILES string of the molecule is CC(C)(C)[C@@H](C(=O)N1C[C@H](O)C[C@H]1C(=O)NCc1n[nH]c(=O)[nH]1)n1cc(C2CC2)nn1. The topological polar surface area (TPSA) is 162 Å². The predicted molar refractivity (Wildman–Crippen MR) is 108 cm³/mol. The number of aliphatic hydroxyl groups is 1. The Balaban J connectivity index is 1.52. The molecule has 1 saturated carbocycles. The maximum Gasteiger partial charge on any atom is 0.340 e. The van der Waals surface area contributed by atoms with Gasteiger partial charge in [0.25, 0.3) is 0 Å². The molecule has 4 rings (SSSR count). The number of β-amino-alcohol motifs (C(OH)–C–C–N with tert-alkyl or cyclic N) is 1. The van der Waals surface area contributed by atoms with E-state index in [4.69, 9.17) is 0 Å². The molecule has 4 N–H and O–H groups in total. The third-order valence-electron chi connectivity index (χ3n) is 5.69. The van der Waals surface area contributed by atoms with Gasteiger partial charge >= 0.3 is 5.69 Å². The molecule has 3 heterocycles. The highest BCUT2D eigenvalue weighted by Crippen LogP contribution is 2.40. The van der Waals surface area contributed by atoms with E-state index in [1.807, 2.05) is 27.0 Å². The van der Waals surface area contributed by atoms with E-state index in [1.54, 1.807) is 4.68 Å². The van der Waals surface area contributed by atoms with Crippen LogP contribution in [0.1, 0.15) is 63.5 Å². The molecule has 3 atom stereocenters. The van der Waals surface area contributed by atoms with E-state index in [1.165, 1.54) is 4.90 Å². The van der Waals surface area contributed by atoms with Gasteiger partial charge in [-0.3, -0.25) is 14.6 Å². The van der Waals surface area contributed by atoms with Gasteiger partial charge in [-0.15, -0.1) is 5.10 Å². The molecule has 2 aromatic rings. The second-order valence-corrected chi connectivity index (χ2v) is 9.40. The molecule has 31 heavy (non-hydrogen) atoms.